The highest BCUT2D eigenvalue weighted by molar-refractivity contribution is 7.47. The van der Waals surface area contributed by atoms with Crippen LogP contribution in [-0.4, -0.2) is 74.3 Å². The number of esters is 1. The number of phosphoric acid groups is 1. The summed E-state index contributed by atoms with van der Waals surface area (Å²) in [5.41, 5.74) is 0. The van der Waals surface area contributed by atoms with Gasteiger partial charge in [-0.15, -0.1) is 0 Å². The number of carbonyl (C=O) groups excluding carboxylic acids is 2. The van der Waals surface area contributed by atoms with E-state index in [1.807, 2.05) is 33.3 Å². The summed E-state index contributed by atoms with van der Waals surface area (Å²) in [6.45, 7) is 6.99. The van der Waals surface area contributed by atoms with E-state index in [1.165, 1.54) is 161 Å². The SMILES string of the molecule is CCCCC/C=C\C/C=C\CCCCCCCCCC(=O)OC(/C=C/CCCCCCCCCCCC)C(COP(=O)(O)OCC[N+](C)(C)C)NC(=O)CCCCCCCCCCCCCCC. The van der Waals surface area contributed by atoms with Crippen LogP contribution in [0.25, 0.3) is 0 Å². The molecular weight excluding hydrogens is 868 g/mol. The van der Waals surface area contributed by atoms with Crippen LogP contribution in [0.3, 0.4) is 0 Å². The molecule has 0 aliphatic rings. The average Bonchev–Trinajstić information content (AvgIpc) is 3.29. The number of allylic oxidation sites excluding steroid dienone is 5. The Morgan fingerprint density at radius 3 is 1.35 bits per heavy atom. The molecule has 0 aromatic heterocycles. The Hall–Kier alpha value is -1.77. The normalized spacial score (nSPS) is 14.0. The molecule has 10 heteroatoms. The molecule has 0 fully saturated rings. The molecule has 1 amide bonds. The second-order valence-corrected chi connectivity index (χ2v) is 22.3. The van der Waals surface area contributed by atoms with Crippen molar-refractivity contribution >= 4 is 19.7 Å². The molecular formula is C58H112N2O7P+. The van der Waals surface area contributed by atoms with Crippen molar-refractivity contribution in [2.75, 3.05) is 40.9 Å². The van der Waals surface area contributed by atoms with Crippen LogP contribution >= 0.6 is 7.82 Å². The molecule has 0 radical (unpaired) electrons. The predicted molar refractivity (Wildman–Crippen MR) is 291 cm³/mol. The summed E-state index contributed by atoms with van der Waals surface area (Å²) in [7, 11) is 1.50. The lowest BCUT2D eigenvalue weighted by atomic mass is 10.0. The predicted octanol–water partition coefficient (Wildman–Crippen LogP) is 17.2. The van der Waals surface area contributed by atoms with Gasteiger partial charge in [-0.3, -0.25) is 18.6 Å². The molecule has 0 bridgehead atoms. The fourth-order valence-corrected chi connectivity index (χ4v) is 9.06. The number of nitrogens with one attached hydrogen (secondary N) is 1. The minimum Gasteiger partial charge on any atom is -0.456 e. The van der Waals surface area contributed by atoms with Gasteiger partial charge in [0.15, 0.2) is 0 Å². The molecule has 0 aromatic carbocycles. The van der Waals surface area contributed by atoms with Crippen molar-refractivity contribution in [1.29, 1.82) is 0 Å². The van der Waals surface area contributed by atoms with E-state index in [9.17, 15) is 19.0 Å². The maximum atomic E-state index is 13.5. The molecule has 0 saturated heterocycles. The van der Waals surface area contributed by atoms with Gasteiger partial charge in [0.1, 0.15) is 19.3 Å². The van der Waals surface area contributed by atoms with Gasteiger partial charge in [-0.05, 0) is 63.9 Å². The summed E-state index contributed by atoms with van der Waals surface area (Å²) in [6.07, 6.45) is 57.0. The topological polar surface area (TPSA) is 111 Å². The zero-order valence-electron chi connectivity index (χ0n) is 45.6. The van der Waals surface area contributed by atoms with E-state index in [2.05, 4.69) is 50.4 Å². The molecule has 0 aliphatic heterocycles. The third-order valence-corrected chi connectivity index (χ3v) is 13.8. The lowest BCUT2D eigenvalue weighted by molar-refractivity contribution is -0.870. The number of carbonyl (C=O) groups is 2. The fourth-order valence-electron chi connectivity index (χ4n) is 8.32. The van der Waals surface area contributed by atoms with Gasteiger partial charge in [0.2, 0.25) is 5.91 Å². The summed E-state index contributed by atoms with van der Waals surface area (Å²) in [6, 6.07) is -0.846. The number of nitrogens with zero attached hydrogens (tertiary/aromatic N) is 1. The van der Waals surface area contributed by atoms with Gasteiger partial charge < -0.3 is 19.4 Å². The van der Waals surface area contributed by atoms with Crippen LogP contribution in [-0.2, 0) is 27.9 Å². The first-order chi connectivity index (χ1) is 32.9. The zero-order chi connectivity index (χ0) is 50.1. The van der Waals surface area contributed by atoms with E-state index in [4.69, 9.17) is 13.8 Å². The fraction of sp³-hybridized carbons (Fsp3) is 0.862. The van der Waals surface area contributed by atoms with Gasteiger partial charge >= 0.3 is 13.8 Å². The standard InChI is InChI=1S/C58H111N2O7P/c1-7-10-13-16-19-22-25-28-29-30-31-33-36-39-42-45-48-51-58(62)67-56(49-46-43-40-37-34-27-24-21-18-15-12-9-3)55(54-66-68(63,64)65-53-52-60(4,5)6)59-57(61)50-47-44-41-38-35-32-26-23-20-17-14-11-8-2/h19,22,28-29,46,49,55-56H,7-18,20-21,23-27,30-45,47-48,50-54H2,1-6H3,(H-,59,61,63,64)/p+1/b22-19-,29-28-,49-46+. The number of hydrogen-bond donors (Lipinski definition) is 2. The maximum Gasteiger partial charge on any atom is 0.472 e. The molecule has 0 saturated carbocycles. The zero-order valence-corrected chi connectivity index (χ0v) is 46.5. The number of hydrogen-bond acceptors (Lipinski definition) is 6. The Morgan fingerprint density at radius 2 is 0.897 bits per heavy atom. The molecule has 9 nitrogen and oxygen atoms in total. The molecule has 68 heavy (non-hydrogen) atoms. The van der Waals surface area contributed by atoms with E-state index in [0.29, 0.717) is 17.4 Å². The minimum atomic E-state index is -4.44. The highest BCUT2D eigenvalue weighted by atomic mass is 31.2. The van der Waals surface area contributed by atoms with Crippen molar-refractivity contribution in [2.24, 2.45) is 0 Å². The van der Waals surface area contributed by atoms with Crippen LogP contribution in [0, 0.1) is 0 Å². The number of ether oxygens (including phenoxy) is 1. The van der Waals surface area contributed by atoms with E-state index >= 15 is 0 Å². The summed E-state index contributed by atoms with van der Waals surface area (Å²) in [5, 5.41) is 3.05. The average molecular weight is 981 g/mol. The van der Waals surface area contributed by atoms with Crippen LogP contribution < -0.4 is 5.32 Å². The van der Waals surface area contributed by atoms with E-state index in [1.54, 1.807) is 0 Å². The summed E-state index contributed by atoms with van der Waals surface area (Å²) >= 11 is 0. The molecule has 2 N–H and O–H groups in total. The van der Waals surface area contributed by atoms with Gasteiger partial charge in [-0.25, -0.2) is 4.57 Å². The molecule has 3 atom stereocenters. The number of amides is 1. The van der Waals surface area contributed by atoms with Crippen molar-refractivity contribution in [3.63, 3.8) is 0 Å². The largest absolute Gasteiger partial charge is 0.472 e. The molecule has 0 aliphatic carbocycles. The smallest absolute Gasteiger partial charge is 0.456 e. The second-order valence-electron chi connectivity index (χ2n) is 20.8. The van der Waals surface area contributed by atoms with Crippen molar-refractivity contribution in [3.05, 3.63) is 36.5 Å². The van der Waals surface area contributed by atoms with Crippen molar-refractivity contribution in [2.45, 2.75) is 283 Å². The Balaban J connectivity index is 5.33. The second kappa shape index (κ2) is 48.8. The number of phosphoric ester groups is 1. The van der Waals surface area contributed by atoms with Gasteiger partial charge in [-0.1, -0.05) is 231 Å². The van der Waals surface area contributed by atoms with Gasteiger partial charge in [0.25, 0.3) is 0 Å². The van der Waals surface area contributed by atoms with Crippen LogP contribution in [0.1, 0.15) is 271 Å². The van der Waals surface area contributed by atoms with E-state index < -0.39 is 20.0 Å². The van der Waals surface area contributed by atoms with Crippen LogP contribution in [0.4, 0.5) is 0 Å². The highest BCUT2D eigenvalue weighted by Gasteiger charge is 2.30. The van der Waals surface area contributed by atoms with Crippen molar-refractivity contribution < 1.29 is 37.3 Å². The molecule has 0 spiro atoms. The van der Waals surface area contributed by atoms with E-state index in [-0.39, 0.29) is 31.5 Å². The molecule has 0 rings (SSSR count). The van der Waals surface area contributed by atoms with Crippen molar-refractivity contribution in [1.82, 2.24) is 5.32 Å². The molecule has 400 valence electrons. The van der Waals surface area contributed by atoms with Gasteiger partial charge in [-0.2, -0.15) is 0 Å². The Kier molecular flexibility index (Phi) is 47.6. The van der Waals surface area contributed by atoms with Gasteiger partial charge in [0.05, 0.1) is 33.8 Å². The number of quaternary nitrogens is 1. The first-order valence-corrected chi connectivity index (χ1v) is 30.3. The van der Waals surface area contributed by atoms with Crippen LogP contribution in [0.15, 0.2) is 36.5 Å². The van der Waals surface area contributed by atoms with E-state index in [0.717, 1.165) is 77.0 Å². The highest BCUT2D eigenvalue weighted by Crippen LogP contribution is 2.43. The number of unbranched alkanes of at least 4 members (excludes halogenated alkanes) is 32. The summed E-state index contributed by atoms with van der Waals surface area (Å²) < 4.78 is 30.6. The lowest BCUT2D eigenvalue weighted by Crippen LogP contribution is -2.47. The Morgan fingerprint density at radius 1 is 0.515 bits per heavy atom. The molecule has 0 heterocycles. The third kappa shape index (κ3) is 49.2. The summed E-state index contributed by atoms with van der Waals surface area (Å²) in [4.78, 5) is 37.5. The third-order valence-electron chi connectivity index (χ3n) is 12.8. The minimum absolute atomic E-state index is 0.0409. The van der Waals surface area contributed by atoms with Crippen LogP contribution in [0.5, 0.6) is 0 Å². The lowest BCUT2D eigenvalue weighted by Gasteiger charge is -2.27. The maximum absolute atomic E-state index is 13.5. The van der Waals surface area contributed by atoms with Gasteiger partial charge in [0, 0.05) is 12.8 Å². The number of rotatable bonds is 52. The Bertz CT molecular complexity index is 1270. The monoisotopic (exact) mass is 980 g/mol. The molecule has 3 unspecified atom stereocenters. The molecule has 0 aromatic rings. The number of likely N-dealkylation sites (N-methyl/N-ethyl adjacent to an activating group) is 1. The Labute approximate surface area is 421 Å². The van der Waals surface area contributed by atoms with Crippen LogP contribution in [0.2, 0.25) is 0 Å². The van der Waals surface area contributed by atoms with Crippen molar-refractivity contribution in [3.8, 4) is 0 Å². The quantitative estimate of drug-likeness (QED) is 0.0205. The first-order valence-electron chi connectivity index (χ1n) is 28.8. The summed E-state index contributed by atoms with van der Waals surface area (Å²) in [5.74, 6) is -0.505. The first kappa shape index (κ1) is 66.2.